The highest BCUT2D eigenvalue weighted by atomic mass is 32.2. The van der Waals surface area contributed by atoms with Crippen molar-refractivity contribution in [1.29, 1.82) is 5.26 Å². The molecule has 0 fully saturated rings. The van der Waals surface area contributed by atoms with Crippen molar-refractivity contribution < 1.29 is 13.3 Å². The van der Waals surface area contributed by atoms with Crippen molar-refractivity contribution in [3.05, 3.63) is 33.9 Å². The molecule has 0 saturated carbocycles. The van der Waals surface area contributed by atoms with E-state index < -0.39 is 20.7 Å². The number of nitrogens with zero attached hydrogens (tertiary/aromatic N) is 2. The zero-order valence-electron chi connectivity index (χ0n) is 8.87. The van der Waals surface area contributed by atoms with Crippen LogP contribution < -0.4 is 4.72 Å². The molecule has 0 aliphatic rings. The van der Waals surface area contributed by atoms with Gasteiger partial charge in [-0.3, -0.25) is 14.8 Å². The number of hydrogen-bond donors (Lipinski definition) is 1. The summed E-state index contributed by atoms with van der Waals surface area (Å²) in [5.41, 5.74) is 0.428. The summed E-state index contributed by atoms with van der Waals surface area (Å²) >= 11 is 0. The first kappa shape index (κ1) is 12.9. The molecule has 0 bridgehead atoms. The highest BCUT2D eigenvalue weighted by molar-refractivity contribution is 7.92. The number of non-ortho nitro benzene ring substituents is 1. The van der Waals surface area contributed by atoms with Crippen LogP contribution in [-0.4, -0.2) is 19.1 Å². The third kappa shape index (κ3) is 3.42. The lowest BCUT2D eigenvalue weighted by molar-refractivity contribution is -0.384. The van der Waals surface area contributed by atoms with Gasteiger partial charge in [0.2, 0.25) is 10.0 Å². The molecule has 1 aromatic rings. The van der Waals surface area contributed by atoms with Gasteiger partial charge in [0, 0.05) is 12.1 Å². The van der Waals surface area contributed by atoms with Crippen LogP contribution >= 0.6 is 0 Å². The summed E-state index contributed by atoms with van der Waals surface area (Å²) in [5.74, 6) is -0.699. The number of nitriles is 1. The summed E-state index contributed by atoms with van der Waals surface area (Å²) in [6.07, 6.45) is 0. The maximum atomic E-state index is 11.3. The van der Waals surface area contributed by atoms with Crippen LogP contribution in [0.15, 0.2) is 18.2 Å². The second kappa shape index (κ2) is 4.80. The van der Waals surface area contributed by atoms with Gasteiger partial charge in [0.1, 0.15) is 0 Å². The smallest absolute Gasteiger partial charge is 0.271 e. The molecule has 1 aromatic carbocycles. The second-order valence-corrected chi connectivity index (χ2v) is 5.00. The molecule has 8 heteroatoms. The molecule has 7 nitrogen and oxygen atoms in total. The van der Waals surface area contributed by atoms with Crippen molar-refractivity contribution in [2.24, 2.45) is 0 Å². The molecule has 0 heterocycles. The van der Waals surface area contributed by atoms with Gasteiger partial charge in [-0.15, -0.1) is 0 Å². The van der Waals surface area contributed by atoms with Gasteiger partial charge >= 0.3 is 0 Å². The predicted molar refractivity (Wildman–Crippen MR) is 60.9 cm³/mol. The Morgan fingerprint density at radius 1 is 1.53 bits per heavy atom. The maximum absolute atomic E-state index is 11.3. The van der Waals surface area contributed by atoms with Crippen LogP contribution in [0.25, 0.3) is 0 Å². The molecule has 90 valence electrons. The van der Waals surface area contributed by atoms with Crippen LogP contribution in [0.3, 0.4) is 0 Å². The minimum absolute atomic E-state index is 0.106. The Morgan fingerprint density at radius 3 is 2.71 bits per heavy atom. The highest BCUT2D eigenvalue weighted by Crippen LogP contribution is 2.22. The fourth-order valence-corrected chi connectivity index (χ4v) is 1.92. The van der Waals surface area contributed by atoms with Crippen molar-refractivity contribution in [2.45, 2.75) is 6.92 Å². The Labute approximate surface area is 97.9 Å². The van der Waals surface area contributed by atoms with Gasteiger partial charge in [0.25, 0.3) is 5.69 Å². The van der Waals surface area contributed by atoms with Gasteiger partial charge in [0.15, 0.2) is 5.75 Å². The molecule has 0 aliphatic heterocycles. The van der Waals surface area contributed by atoms with E-state index in [9.17, 15) is 18.5 Å². The summed E-state index contributed by atoms with van der Waals surface area (Å²) < 4.78 is 24.8. The van der Waals surface area contributed by atoms with E-state index in [1.807, 2.05) is 0 Å². The summed E-state index contributed by atoms with van der Waals surface area (Å²) in [6.45, 7) is 1.61. The van der Waals surface area contributed by atoms with Crippen LogP contribution in [0.4, 0.5) is 11.4 Å². The lowest BCUT2D eigenvalue weighted by Gasteiger charge is -2.07. The fourth-order valence-electron chi connectivity index (χ4n) is 1.12. The Hall–Kier alpha value is -2.14. The third-order valence-corrected chi connectivity index (χ3v) is 2.99. The van der Waals surface area contributed by atoms with Gasteiger partial charge in [-0.25, -0.2) is 8.42 Å². The molecule has 0 radical (unpaired) electrons. The number of nitrogens with one attached hydrogen (secondary N) is 1. The molecule has 1 rings (SSSR count). The van der Waals surface area contributed by atoms with Crippen molar-refractivity contribution in [3.63, 3.8) is 0 Å². The number of anilines is 1. The molecule has 0 amide bonds. The second-order valence-electron chi connectivity index (χ2n) is 3.28. The van der Waals surface area contributed by atoms with Crippen molar-refractivity contribution in [3.8, 4) is 6.07 Å². The summed E-state index contributed by atoms with van der Waals surface area (Å²) in [4.78, 5) is 9.91. The van der Waals surface area contributed by atoms with Crippen LogP contribution in [-0.2, 0) is 10.0 Å². The van der Waals surface area contributed by atoms with Gasteiger partial charge in [-0.05, 0) is 12.5 Å². The first-order valence-corrected chi connectivity index (χ1v) is 6.13. The quantitative estimate of drug-likeness (QED) is 0.640. The van der Waals surface area contributed by atoms with Gasteiger partial charge in [0.05, 0.1) is 16.7 Å². The minimum atomic E-state index is -3.78. The highest BCUT2D eigenvalue weighted by Gasteiger charge is 2.14. The summed E-state index contributed by atoms with van der Waals surface area (Å²) in [7, 11) is -3.78. The molecule has 0 aromatic heterocycles. The lowest BCUT2D eigenvalue weighted by Crippen LogP contribution is -2.16. The molecule has 0 atom stereocenters. The Balaban J connectivity index is 3.11. The normalized spacial score (nSPS) is 10.6. The SMILES string of the molecule is Cc1ccc([N+](=O)[O-])cc1NS(=O)(=O)CC#N. The molecular formula is C9H9N3O4S. The van der Waals surface area contributed by atoms with E-state index in [1.54, 1.807) is 6.92 Å². The van der Waals surface area contributed by atoms with E-state index in [0.717, 1.165) is 6.07 Å². The Kier molecular flexibility index (Phi) is 3.65. The number of aryl methyl sites for hydroxylation is 1. The standard InChI is InChI=1S/C9H9N3O4S/c1-7-2-3-8(12(13)14)6-9(7)11-17(15,16)5-4-10/h2-3,6,11H,5H2,1H3. The maximum Gasteiger partial charge on any atom is 0.271 e. The number of benzene rings is 1. The Bertz CT molecular complexity index is 589. The van der Waals surface area contributed by atoms with E-state index in [2.05, 4.69) is 4.72 Å². The zero-order valence-corrected chi connectivity index (χ0v) is 9.69. The van der Waals surface area contributed by atoms with Crippen LogP contribution in [0.1, 0.15) is 5.56 Å². The first-order valence-electron chi connectivity index (χ1n) is 4.48. The van der Waals surface area contributed by atoms with Gasteiger partial charge in [-0.2, -0.15) is 5.26 Å². The van der Waals surface area contributed by atoms with Crippen molar-refractivity contribution in [1.82, 2.24) is 0 Å². The van der Waals surface area contributed by atoms with Gasteiger partial charge < -0.3 is 0 Å². The molecule has 0 aliphatic carbocycles. The largest absolute Gasteiger partial charge is 0.282 e. The van der Waals surface area contributed by atoms with Crippen LogP contribution in [0, 0.1) is 28.4 Å². The monoisotopic (exact) mass is 255 g/mol. The molecular weight excluding hydrogens is 246 g/mol. The lowest BCUT2D eigenvalue weighted by atomic mass is 10.2. The van der Waals surface area contributed by atoms with E-state index in [0.29, 0.717) is 5.56 Å². The van der Waals surface area contributed by atoms with E-state index in [4.69, 9.17) is 5.26 Å². The molecule has 17 heavy (non-hydrogen) atoms. The average Bonchev–Trinajstić information content (AvgIpc) is 2.20. The number of nitro groups is 1. The zero-order chi connectivity index (χ0) is 13.1. The van der Waals surface area contributed by atoms with E-state index in [-0.39, 0.29) is 11.4 Å². The number of sulfonamides is 1. The molecule has 0 unspecified atom stereocenters. The fraction of sp³-hybridized carbons (Fsp3) is 0.222. The third-order valence-electron chi connectivity index (χ3n) is 1.95. The topological polar surface area (TPSA) is 113 Å². The Morgan fingerprint density at radius 2 is 2.18 bits per heavy atom. The van der Waals surface area contributed by atoms with E-state index >= 15 is 0 Å². The first-order chi connectivity index (χ1) is 7.85. The van der Waals surface area contributed by atoms with Crippen molar-refractivity contribution >= 4 is 21.4 Å². The molecule has 0 saturated heterocycles. The van der Waals surface area contributed by atoms with Gasteiger partial charge in [-0.1, -0.05) is 6.07 Å². The average molecular weight is 255 g/mol. The number of hydrogen-bond acceptors (Lipinski definition) is 5. The van der Waals surface area contributed by atoms with Crippen LogP contribution in [0.2, 0.25) is 0 Å². The predicted octanol–water partition coefficient (Wildman–Crippen LogP) is 1.17. The number of rotatable bonds is 4. The molecule has 0 spiro atoms. The summed E-state index contributed by atoms with van der Waals surface area (Å²) in [6, 6.07) is 5.32. The van der Waals surface area contributed by atoms with Crippen LogP contribution in [0.5, 0.6) is 0 Å². The minimum Gasteiger partial charge on any atom is -0.282 e. The summed E-state index contributed by atoms with van der Waals surface area (Å²) in [5, 5.41) is 18.8. The van der Waals surface area contributed by atoms with E-state index in [1.165, 1.54) is 18.2 Å². The van der Waals surface area contributed by atoms with Crippen molar-refractivity contribution in [2.75, 3.05) is 10.5 Å². The number of nitro benzene ring substituents is 1. The molecule has 1 N–H and O–H groups in total.